The number of carboxylic acids is 1. The van der Waals surface area contributed by atoms with Crippen molar-refractivity contribution in [3.8, 4) is 5.75 Å². The maximum atomic E-state index is 13.0. The van der Waals surface area contributed by atoms with Gasteiger partial charge in [-0.3, -0.25) is 14.4 Å². The lowest BCUT2D eigenvalue weighted by Crippen LogP contribution is -2.58. The minimum atomic E-state index is -1.27. The van der Waals surface area contributed by atoms with E-state index in [1.807, 2.05) is 0 Å². The molecule has 1 aromatic carbocycles. The summed E-state index contributed by atoms with van der Waals surface area (Å²) in [6.45, 7) is 0.476. The van der Waals surface area contributed by atoms with Gasteiger partial charge in [0.2, 0.25) is 17.7 Å². The molecule has 0 spiro atoms. The fourth-order valence-corrected chi connectivity index (χ4v) is 3.42. The Bertz CT molecular complexity index is 826. The molecule has 4 unspecified atom stereocenters. The van der Waals surface area contributed by atoms with E-state index in [-0.39, 0.29) is 23.7 Å². The topological polar surface area (TPSA) is 197 Å². The first-order chi connectivity index (χ1) is 16.1. The van der Waals surface area contributed by atoms with Crippen molar-refractivity contribution in [2.24, 2.45) is 11.5 Å². The van der Waals surface area contributed by atoms with E-state index in [0.717, 1.165) is 0 Å². The van der Waals surface area contributed by atoms with Crippen molar-refractivity contribution in [1.82, 2.24) is 16.0 Å². The van der Waals surface area contributed by atoms with Crippen LogP contribution in [0.2, 0.25) is 0 Å². The Balaban J connectivity index is 2.96. The van der Waals surface area contributed by atoms with Gasteiger partial charge in [0, 0.05) is 17.9 Å². The number of carboxylic acid groups (broad SMARTS) is 1. The zero-order valence-corrected chi connectivity index (χ0v) is 20.4. The lowest BCUT2D eigenvalue weighted by Gasteiger charge is -2.24. The van der Waals surface area contributed by atoms with Gasteiger partial charge in [0.25, 0.3) is 0 Å². The highest BCUT2D eigenvalue weighted by Gasteiger charge is 2.29. The third-order valence-electron chi connectivity index (χ3n) is 4.93. The second kappa shape index (κ2) is 15.4. The molecule has 4 atom stereocenters. The molecule has 9 N–H and O–H groups in total. The van der Waals surface area contributed by atoms with Crippen LogP contribution >= 0.6 is 25.3 Å². The van der Waals surface area contributed by atoms with E-state index in [1.54, 1.807) is 12.1 Å². The monoisotopic (exact) mass is 515 g/mol. The van der Waals surface area contributed by atoms with E-state index in [0.29, 0.717) is 31.4 Å². The number of nitrogens with one attached hydrogen (secondary N) is 3. The van der Waals surface area contributed by atoms with Gasteiger partial charge in [0.1, 0.15) is 23.9 Å². The average Bonchev–Trinajstić information content (AvgIpc) is 2.81. The normalized spacial score (nSPS) is 14.4. The second-order valence-electron chi connectivity index (χ2n) is 7.65. The minimum Gasteiger partial charge on any atom is -0.508 e. The van der Waals surface area contributed by atoms with Gasteiger partial charge < -0.3 is 37.6 Å². The van der Waals surface area contributed by atoms with E-state index < -0.39 is 47.9 Å². The molecule has 1 rings (SSSR count). The first-order valence-corrected chi connectivity index (χ1v) is 12.0. The molecule has 0 aliphatic rings. The largest absolute Gasteiger partial charge is 0.508 e. The van der Waals surface area contributed by atoms with Crippen molar-refractivity contribution < 1.29 is 29.4 Å². The van der Waals surface area contributed by atoms with Crippen LogP contribution in [0.4, 0.5) is 0 Å². The number of amides is 3. The SMILES string of the molecule is NCCCCC(N)C(=O)NC(Cc1ccc(O)cc1)C(=O)NC(CS)C(=O)NC(CS)C(=O)O. The highest BCUT2D eigenvalue weighted by molar-refractivity contribution is 7.80. The fraction of sp³-hybridized carbons (Fsp3) is 0.524. The Kier molecular flexibility index (Phi) is 13.4. The van der Waals surface area contributed by atoms with Gasteiger partial charge in [-0.05, 0) is 37.1 Å². The minimum absolute atomic E-state index is 0.0414. The molecular weight excluding hydrogens is 482 g/mol. The summed E-state index contributed by atoms with van der Waals surface area (Å²) in [4.78, 5) is 49.2. The number of hydrogen-bond acceptors (Lipinski definition) is 9. The molecular formula is C21H33N5O6S2. The number of aromatic hydroxyl groups is 1. The molecule has 0 aliphatic carbocycles. The zero-order valence-electron chi connectivity index (χ0n) is 18.6. The van der Waals surface area contributed by atoms with Crippen molar-refractivity contribution >= 4 is 48.9 Å². The predicted molar refractivity (Wildman–Crippen MR) is 134 cm³/mol. The number of phenols is 1. The maximum Gasteiger partial charge on any atom is 0.327 e. The first kappa shape index (κ1) is 29.6. The second-order valence-corrected chi connectivity index (χ2v) is 8.38. The number of thiol groups is 2. The van der Waals surface area contributed by atoms with Crippen LogP contribution < -0.4 is 27.4 Å². The van der Waals surface area contributed by atoms with Gasteiger partial charge >= 0.3 is 5.97 Å². The van der Waals surface area contributed by atoms with E-state index in [1.165, 1.54) is 12.1 Å². The van der Waals surface area contributed by atoms with E-state index >= 15 is 0 Å². The Morgan fingerprint density at radius 2 is 1.38 bits per heavy atom. The summed E-state index contributed by atoms with van der Waals surface area (Å²) < 4.78 is 0. The lowest BCUT2D eigenvalue weighted by molar-refractivity contribution is -0.141. The first-order valence-electron chi connectivity index (χ1n) is 10.7. The standard InChI is InChI=1S/C21H33N5O6S2/c22-8-2-1-3-14(23)18(28)24-15(9-12-4-6-13(27)7-5-12)19(29)25-16(10-33)20(30)26-17(11-34)21(31)32/h4-7,14-17,27,33-34H,1-3,8-11,22-23H2,(H,24,28)(H,25,29)(H,26,30)(H,31,32). The van der Waals surface area contributed by atoms with Gasteiger partial charge in [-0.1, -0.05) is 18.6 Å². The van der Waals surface area contributed by atoms with E-state index in [9.17, 15) is 24.3 Å². The van der Waals surface area contributed by atoms with Gasteiger partial charge in [0.15, 0.2) is 0 Å². The van der Waals surface area contributed by atoms with Gasteiger partial charge in [0.05, 0.1) is 6.04 Å². The van der Waals surface area contributed by atoms with Crippen LogP contribution in [0, 0.1) is 0 Å². The Hall–Kier alpha value is -2.48. The van der Waals surface area contributed by atoms with Crippen LogP contribution in [0.1, 0.15) is 24.8 Å². The third-order valence-corrected chi connectivity index (χ3v) is 5.66. The molecule has 13 heteroatoms. The molecule has 0 saturated carbocycles. The van der Waals surface area contributed by atoms with Crippen molar-refractivity contribution in [1.29, 1.82) is 0 Å². The Morgan fingerprint density at radius 3 is 1.91 bits per heavy atom. The number of phenolic OH excluding ortho intramolecular Hbond substituents is 1. The average molecular weight is 516 g/mol. The van der Waals surface area contributed by atoms with Crippen LogP contribution in [0.5, 0.6) is 5.75 Å². The van der Waals surface area contributed by atoms with Crippen molar-refractivity contribution in [2.45, 2.75) is 49.9 Å². The molecule has 0 heterocycles. The molecule has 1 aromatic rings. The highest BCUT2D eigenvalue weighted by atomic mass is 32.1. The summed E-state index contributed by atoms with van der Waals surface area (Å²) in [5.41, 5.74) is 12.0. The lowest BCUT2D eigenvalue weighted by atomic mass is 10.0. The number of aliphatic carboxylic acids is 1. The highest BCUT2D eigenvalue weighted by Crippen LogP contribution is 2.12. The number of rotatable bonds is 15. The summed E-state index contributed by atoms with van der Waals surface area (Å²) >= 11 is 7.97. The summed E-state index contributed by atoms with van der Waals surface area (Å²) in [5, 5.41) is 26.0. The van der Waals surface area contributed by atoms with Gasteiger partial charge in [-0.25, -0.2) is 4.79 Å². The maximum absolute atomic E-state index is 13.0. The number of carbonyl (C=O) groups excluding carboxylic acids is 3. The van der Waals surface area contributed by atoms with Crippen LogP contribution in [0.3, 0.4) is 0 Å². The summed E-state index contributed by atoms with van der Waals surface area (Å²) in [7, 11) is 0. The number of carbonyl (C=O) groups is 4. The Labute approximate surface area is 209 Å². The third kappa shape index (κ3) is 10.2. The molecule has 34 heavy (non-hydrogen) atoms. The Morgan fingerprint density at radius 1 is 0.853 bits per heavy atom. The molecule has 3 amide bonds. The van der Waals surface area contributed by atoms with Crippen molar-refractivity contribution in [2.75, 3.05) is 18.1 Å². The molecule has 0 aromatic heterocycles. The summed E-state index contributed by atoms with van der Waals surface area (Å²) in [5.74, 6) is -3.46. The molecule has 0 aliphatic heterocycles. The zero-order chi connectivity index (χ0) is 25.7. The molecule has 0 bridgehead atoms. The van der Waals surface area contributed by atoms with Crippen molar-refractivity contribution in [3.63, 3.8) is 0 Å². The van der Waals surface area contributed by atoms with Gasteiger partial charge in [-0.2, -0.15) is 25.3 Å². The smallest absolute Gasteiger partial charge is 0.327 e. The fourth-order valence-electron chi connectivity index (χ4n) is 2.92. The quantitative estimate of drug-likeness (QED) is 0.102. The van der Waals surface area contributed by atoms with Crippen LogP contribution in [-0.2, 0) is 25.6 Å². The molecule has 0 fully saturated rings. The number of nitrogens with two attached hydrogens (primary N) is 2. The molecule has 0 saturated heterocycles. The van der Waals surface area contributed by atoms with E-state index in [2.05, 4.69) is 41.2 Å². The van der Waals surface area contributed by atoms with E-state index in [4.69, 9.17) is 16.6 Å². The van der Waals surface area contributed by atoms with Crippen molar-refractivity contribution in [3.05, 3.63) is 29.8 Å². The molecule has 0 radical (unpaired) electrons. The number of benzene rings is 1. The van der Waals surface area contributed by atoms with Crippen LogP contribution in [0.15, 0.2) is 24.3 Å². The number of unbranched alkanes of at least 4 members (excludes halogenated alkanes) is 1. The number of hydrogen-bond donors (Lipinski definition) is 9. The van der Waals surface area contributed by atoms with Crippen LogP contribution in [-0.4, -0.2) is 76.1 Å². The molecule has 190 valence electrons. The predicted octanol–water partition coefficient (Wildman–Crippen LogP) is -1.21. The summed E-state index contributed by atoms with van der Waals surface area (Å²) in [6.07, 6.45) is 1.81. The summed E-state index contributed by atoms with van der Waals surface area (Å²) in [6, 6.07) is 1.73. The molecule has 11 nitrogen and oxygen atoms in total. The van der Waals surface area contributed by atoms with Gasteiger partial charge in [-0.15, -0.1) is 0 Å². The van der Waals surface area contributed by atoms with Crippen LogP contribution in [0.25, 0.3) is 0 Å².